The molecule has 0 atom stereocenters. The molecule has 8 heteroatoms. The lowest BCUT2D eigenvalue weighted by Crippen LogP contribution is -2.35. The van der Waals surface area contributed by atoms with Crippen LogP contribution in [0, 0.1) is 0 Å². The Morgan fingerprint density at radius 2 is 1.90 bits per heavy atom. The number of nitrogens with one attached hydrogen (secondary N) is 1. The predicted molar refractivity (Wildman–Crippen MR) is 113 cm³/mol. The lowest BCUT2D eigenvalue weighted by atomic mass is 10.1. The van der Waals surface area contributed by atoms with Crippen LogP contribution in [0.15, 0.2) is 64.2 Å². The van der Waals surface area contributed by atoms with Crippen molar-refractivity contribution in [3.63, 3.8) is 0 Å². The third-order valence-electron chi connectivity index (χ3n) is 5.17. The summed E-state index contributed by atoms with van der Waals surface area (Å²) < 4.78 is 5.48. The van der Waals surface area contributed by atoms with Gasteiger partial charge in [-0.25, -0.2) is 4.98 Å². The average Bonchev–Trinajstić information content (AvgIpc) is 3.23. The van der Waals surface area contributed by atoms with Crippen molar-refractivity contribution in [1.82, 2.24) is 25.0 Å². The molecule has 1 aliphatic heterocycles. The normalized spacial score (nSPS) is 13.9. The molecule has 0 radical (unpaired) electrons. The molecule has 0 amide bonds. The highest BCUT2D eigenvalue weighted by atomic mass is 35.5. The van der Waals surface area contributed by atoms with Gasteiger partial charge in [0.25, 0.3) is 5.56 Å². The molecule has 0 spiro atoms. The first-order valence-electron chi connectivity index (χ1n) is 9.62. The van der Waals surface area contributed by atoms with E-state index in [1.165, 1.54) is 0 Å². The second kappa shape index (κ2) is 7.85. The van der Waals surface area contributed by atoms with Crippen molar-refractivity contribution in [2.75, 3.05) is 6.54 Å². The summed E-state index contributed by atoms with van der Waals surface area (Å²) in [6.07, 6.45) is 4.08. The van der Waals surface area contributed by atoms with Crippen LogP contribution in [-0.4, -0.2) is 31.6 Å². The van der Waals surface area contributed by atoms with Crippen molar-refractivity contribution in [3.05, 3.63) is 87.2 Å². The standard InChI is InChI=1S/C22H18ClN5O2/c23-16-3-1-14(2-4-16)20-11-17(27-30-20)12-28-10-7-19-18(13-28)22(29)26-21(25-19)15-5-8-24-9-6-15/h1-6,8-9,11H,7,10,12-13H2,(H,25,26,29). The maximum absolute atomic E-state index is 12.7. The zero-order valence-corrected chi connectivity index (χ0v) is 16.8. The number of halogens is 1. The van der Waals surface area contributed by atoms with E-state index in [0.29, 0.717) is 41.7 Å². The first-order valence-corrected chi connectivity index (χ1v) is 10.00. The molecule has 0 aliphatic carbocycles. The summed E-state index contributed by atoms with van der Waals surface area (Å²) in [5, 5.41) is 4.86. The zero-order chi connectivity index (χ0) is 20.5. The van der Waals surface area contributed by atoms with Crippen molar-refractivity contribution in [2.45, 2.75) is 19.5 Å². The van der Waals surface area contributed by atoms with Crippen LogP contribution in [0.4, 0.5) is 0 Å². The molecular weight excluding hydrogens is 402 g/mol. The molecule has 0 saturated carbocycles. The van der Waals surface area contributed by atoms with Gasteiger partial charge in [0.15, 0.2) is 5.76 Å². The van der Waals surface area contributed by atoms with Gasteiger partial charge in [-0.3, -0.25) is 14.7 Å². The molecule has 1 aliphatic rings. The largest absolute Gasteiger partial charge is 0.356 e. The third kappa shape index (κ3) is 3.77. The molecule has 3 aromatic heterocycles. The fraction of sp³-hybridized carbons (Fsp3) is 0.182. The van der Waals surface area contributed by atoms with E-state index in [1.54, 1.807) is 12.4 Å². The molecule has 0 saturated heterocycles. The van der Waals surface area contributed by atoms with Crippen molar-refractivity contribution in [1.29, 1.82) is 0 Å². The van der Waals surface area contributed by atoms with Crippen LogP contribution in [0.25, 0.3) is 22.7 Å². The number of benzene rings is 1. The number of rotatable bonds is 4. The van der Waals surface area contributed by atoms with Crippen LogP contribution in [-0.2, 0) is 19.5 Å². The van der Waals surface area contributed by atoms with E-state index in [1.807, 2.05) is 42.5 Å². The topological polar surface area (TPSA) is 87.9 Å². The van der Waals surface area contributed by atoms with Crippen LogP contribution in [0.5, 0.6) is 0 Å². The average molecular weight is 420 g/mol. The van der Waals surface area contributed by atoms with Gasteiger partial charge in [0, 0.05) is 60.7 Å². The van der Waals surface area contributed by atoms with Crippen molar-refractivity contribution in [2.24, 2.45) is 0 Å². The Balaban J connectivity index is 1.33. The van der Waals surface area contributed by atoms with Crippen LogP contribution in [0.2, 0.25) is 5.02 Å². The molecule has 1 aromatic carbocycles. The summed E-state index contributed by atoms with van der Waals surface area (Å²) in [4.78, 5) is 26.5. The number of H-pyrrole nitrogens is 1. The van der Waals surface area contributed by atoms with Gasteiger partial charge in [-0.2, -0.15) is 0 Å². The minimum Gasteiger partial charge on any atom is -0.356 e. The van der Waals surface area contributed by atoms with Gasteiger partial charge >= 0.3 is 0 Å². The Bertz CT molecular complexity index is 1230. The van der Waals surface area contributed by atoms with E-state index in [0.717, 1.165) is 29.1 Å². The lowest BCUT2D eigenvalue weighted by molar-refractivity contribution is 0.234. The molecule has 150 valence electrons. The second-order valence-electron chi connectivity index (χ2n) is 7.23. The van der Waals surface area contributed by atoms with E-state index in [2.05, 4.69) is 25.0 Å². The molecule has 30 heavy (non-hydrogen) atoms. The van der Waals surface area contributed by atoms with Crippen molar-refractivity contribution < 1.29 is 4.52 Å². The van der Waals surface area contributed by atoms with Crippen LogP contribution < -0.4 is 5.56 Å². The highest BCUT2D eigenvalue weighted by Gasteiger charge is 2.22. The van der Waals surface area contributed by atoms with Gasteiger partial charge < -0.3 is 9.51 Å². The Kier molecular flexibility index (Phi) is 4.90. The molecule has 4 aromatic rings. The Hall–Kier alpha value is -3.29. The molecule has 7 nitrogen and oxygen atoms in total. The van der Waals surface area contributed by atoms with E-state index in [-0.39, 0.29) is 5.56 Å². The van der Waals surface area contributed by atoms with Crippen LogP contribution in [0.1, 0.15) is 17.0 Å². The van der Waals surface area contributed by atoms with Gasteiger partial charge in [0.2, 0.25) is 0 Å². The summed E-state index contributed by atoms with van der Waals surface area (Å²) in [6.45, 7) is 1.92. The molecule has 0 unspecified atom stereocenters. The van der Waals surface area contributed by atoms with Gasteiger partial charge in [-0.05, 0) is 36.4 Å². The van der Waals surface area contributed by atoms with Gasteiger partial charge in [-0.15, -0.1) is 0 Å². The van der Waals surface area contributed by atoms with E-state index >= 15 is 0 Å². The summed E-state index contributed by atoms with van der Waals surface area (Å²) in [7, 11) is 0. The van der Waals surface area contributed by atoms with Gasteiger partial charge in [0.05, 0.1) is 17.0 Å². The first kappa shape index (κ1) is 18.7. The number of hydrogen-bond acceptors (Lipinski definition) is 6. The Labute approximate surface area is 177 Å². The summed E-state index contributed by atoms with van der Waals surface area (Å²) in [5.74, 6) is 1.28. The fourth-order valence-corrected chi connectivity index (χ4v) is 3.75. The first-order chi connectivity index (χ1) is 14.7. The molecule has 1 N–H and O–H groups in total. The van der Waals surface area contributed by atoms with E-state index < -0.39 is 0 Å². The SMILES string of the molecule is O=c1[nH]c(-c2ccncc2)nc2c1CN(Cc1cc(-c3ccc(Cl)cc3)on1)CC2. The maximum atomic E-state index is 12.7. The highest BCUT2D eigenvalue weighted by Crippen LogP contribution is 2.24. The fourth-order valence-electron chi connectivity index (χ4n) is 3.63. The maximum Gasteiger partial charge on any atom is 0.255 e. The number of nitrogens with zero attached hydrogens (tertiary/aromatic N) is 4. The van der Waals surface area contributed by atoms with Crippen LogP contribution in [0.3, 0.4) is 0 Å². The number of fused-ring (bicyclic) bond motifs is 1. The molecular formula is C22H18ClN5O2. The molecule has 5 rings (SSSR count). The van der Waals surface area contributed by atoms with Gasteiger partial charge in [-0.1, -0.05) is 16.8 Å². The predicted octanol–water partition coefficient (Wildman–Crippen LogP) is 3.70. The molecule has 0 bridgehead atoms. The van der Waals surface area contributed by atoms with Crippen molar-refractivity contribution in [3.8, 4) is 22.7 Å². The summed E-state index contributed by atoms with van der Waals surface area (Å²) in [5.41, 5.74) is 4.06. The Morgan fingerprint density at radius 3 is 2.70 bits per heavy atom. The number of aromatic nitrogens is 4. The Morgan fingerprint density at radius 1 is 1.10 bits per heavy atom. The minimum atomic E-state index is -0.0986. The highest BCUT2D eigenvalue weighted by molar-refractivity contribution is 6.30. The second-order valence-corrected chi connectivity index (χ2v) is 7.66. The lowest BCUT2D eigenvalue weighted by Gasteiger charge is -2.26. The summed E-state index contributed by atoms with van der Waals surface area (Å²) in [6, 6.07) is 13.0. The van der Waals surface area contributed by atoms with Gasteiger partial charge in [0.1, 0.15) is 5.82 Å². The molecule has 4 heterocycles. The monoisotopic (exact) mass is 419 g/mol. The zero-order valence-electron chi connectivity index (χ0n) is 16.0. The van der Waals surface area contributed by atoms with Crippen molar-refractivity contribution >= 4 is 11.6 Å². The van der Waals surface area contributed by atoms with E-state index in [4.69, 9.17) is 16.1 Å². The summed E-state index contributed by atoms with van der Waals surface area (Å²) >= 11 is 5.94. The smallest absolute Gasteiger partial charge is 0.255 e. The third-order valence-corrected chi connectivity index (χ3v) is 5.43. The van der Waals surface area contributed by atoms with Crippen LogP contribution >= 0.6 is 11.6 Å². The number of aromatic amines is 1. The molecule has 0 fully saturated rings. The number of pyridine rings is 1. The minimum absolute atomic E-state index is 0.0986. The van der Waals surface area contributed by atoms with E-state index in [9.17, 15) is 4.79 Å². The quantitative estimate of drug-likeness (QED) is 0.542. The number of hydrogen-bond donors (Lipinski definition) is 1.